The van der Waals surface area contributed by atoms with E-state index in [9.17, 15) is 0 Å². The molecule has 2 aromatic rings. The van der Waals surface area contributed by atoms with Gasteiger partial charge in [-0.2, -0.15) is 0 Å². The summed E-state index contributed by atoms with van der Waals surface area (Å²) in [7, 11) is 0. The summed E-state index contributed by atoms with van der Waals surface area (Å²) >= 11 is 3.37. The number of imidazole rings is 1. The molecule has 0 saturated carbocycles. The lowest BCUT2D eigenvalue weighted by atomic mass is 10.3. The van der Waals surface area contributed by atoms with Crippen molar-refractivity contribution in [1.29, 1.82) is 0 Å². The van der Waals surface area contributed by atoms with Gasteiger partial charge in [0.25, 0.3) is 0 Å². The molecule has 0 radical (unpaired) electrons. The zero-order valence-corrected chi connectivity index (χ0v) is 23.9. The molecule has 2 nitrogen and oxygen atoms in total. The number of halogens is 1. The SMILES string of the molecule is Brc1ccc2nc[nH]c2c1.C#CC#CC#CC#CC#CC#CC#CC#CC#CC#CC#CC#CC#CC#CC#CC#CC#C. The van der Waals surface area contributed by atoms with Crippen LogP contribution in [0.15, 0.2) is 29.0 Å². The summed E-state index contributed by atoms with van der Waals surface area (Å²) in [6, 6.07) is 5.95. The molecule has 1 heterocycles. The van der Waals surface area contributed by atoms with Crippen LogP contribution in [0.5, 0.6) is 0 Å². The minimum absolute atomic E-state index is 1.00. The van der Waals surface area contributed by atoms with Crippen molar-refractivity contribution < 1.29 is 0 Å². The minimum atomic E-state index is 1.00. The quantitative estimate of drug-likeness (QED) is 0.459. The molecule has 44 heavy (non-hydrogen) atoms. The number of fused-ring (bicyclic) bond motifs is 1. The third kappa shape index (κ3) is 20.7. The Balaban J connectivity index is 0.000000797. The van der Waals surface area contributed by atoms with E-state index in [-0.39, 0.29) is 0 Å². The summed E-state index contributed by atoms with van der Waals surface area (Å²) < 4.78 is 1.07. The van der Waals surface area contributed by atoms with E-state index >= 15 is 0 Å². The molecule has 0 spiro atoms. The number of aromatic amines is 1. The van der Waals surface area contributed by atoms with Gasteiger partial charge in [-0.1, -0.05) is 15.9 Å². The molecule has 0 amide bonds. The number of aromatic nitrogens is 2. The Hall–Kier alpha value is -8.31. The first-order valence-electron chi connectivity index (χ1n) is 11.3. The van der Waals surface area contributed by atoms with Crippen molar-refractivity contribution in [3.63, 3.8) is 0 Å². The summed E-state index contributed by atoms with van der Waals surface area (Å²) in [5.74, 6) is 78.2. The molecule has 1 aromatic carbocycles. The fraction of sp³-hybridized carbons (Fsp3) is 0. The van der Waals surface area contributed by atoms with Gasteiger partial charge in [0, 0.05) is 99.2 Å². The lowest BCUT2D eigenvalue weighted by Crippen LogP contribution is -1.67. The van der Waals surface area contributed by atoms with Gasteiger partial charge in [-0.25, -0.2) is 4.98 Å². The first-order valence-corrected chi connectivity index (χ1v) is 12.1. The summed E-state index contributed by atoms with van der Waals surface area (Å²) in [5, 5.41) is 0. The number of nitrogens with zero attached hydrogens (tertiary/aromatic N) is 1. The second-order valence-corrected chi connectivity index (χ2v) is 7.02. The van der Waals surface area contributed by atoms with Crippen LogP contribution >= 0.6 is 15.9 Å². The highest BCUT2D eigenvalue weighted by Crippen LogP contribution is 2.15. The molecule has 0 unspecified atom stereocenters. The Kier molecular flexibility index (Phi) is 20.2. The van der Waals surface area contributed by atoms with Gasteiger partial charge in [-0.3, -0.25) is 0 Å². The maximum Gasteiger partial charge on any atom is 0.0931 e. The largest absolute Gasteiger partial charge is 0.345 e. The molecule has 0 aliphatic heterocycles. The van der Waals surface area contributed by atoms with Crippen LogP contribution in [0.25, 0.3) is 11.0 Å². The smallest absolute Gasteiger partial charge is 0.0931 e. The molecular weight excluding hydrogens is 600 g/mol. The van der Waals surface area contributed by atoms with Gasteiger partial charge in [-0.05, 0) is 113 Å². The second kappa shape index (κ2) is 26.3. The molecule has 0 aliphatic rings. The summed E-state index contributed by atoms with van der Waals surface area (Å²) in [4.78, 5) is 7.10. The highest BCUT2D eigenvalue weighted by atomic mass is 79.9. The average molecular weight is 607 g/mol. The van der Waals surface area contributed by atoms with Gasteiger partial charge >= 0.3 is 0 Å². The van der Waals surface area contributed by atoms with E-state index in [0.717, 1.165) is 15.5 Å². The van der Waals surface area contributed by atoms with Crippen molar-refractivity contribution in [2.75, 3.05) is 0 Å². The van der Waals surface area contributed by atoms with E-state index in [2.05, 4.69) is 215 Å². The van der Waals surface area contributed by atoms with Crippen LogP contribution in [-0.4, -0.2) is 9.97 Å². The van der Waals surface area contributed by atoms with Crippen LogP contribution in [0.1, 0.15) is 0 Å². The van der Waals surface area contributed by atoms with Crippen molar-refractivity contribution in [3.8, 4) is 202 Å². The molecule has 0 aliphatic carbocycles. The Morgan fingerprint density at radius 3 is 0.977 bits per heavy atom. The summed E-state index contributed by atoms with van der Waals surface area (Å²) in [6.07, 6.45) is 11.5. The Morgan fingerprint density at radius 1 is 0.432 bits per heavy atom. The fourth-order valence-corrected chi connectivity index (χ4v) is 2.22. The van der Waals surface area contributed by atoms with E-state index in [0.29, 0.717) is 0 Å². The minimum Gasteiger partial charge on any atom is -0.345 e. The fourth-order valence-electron chi connectivity index (χ4n) is 1.85. The van der Waals surface area contributed by atoms with E-state index in [1.54, 1.807) is 6.33 Å². The summed E-state index contributed by atoms with van der Waals surface area (Å²) in [6.45, 7) is 0. The van der Waals surface area contributed by atoms with Crippen molar-refractivity contribution in [3.05, 3.63) is 29.0 Å². The van der Waals surface area contributed by atoms with Gasteiger partial charge in [0.2, 0.25) is 0 Å². The number of terminal acetylenes is 2. The van der Waals surface area contributed by atoms with Gasteiger partial charge < -0.3 is 4.98 Å². The van der Waals surface area contributed by atoms with Crippen molar-refractivity contribution in [1.82, 2.24) is 9.97 Å². The maximum absolute atomic E-state index is 4.92. The first-order chi connectivity index (χ1) is 21.8. The molecule has 0 bridgehead atoms. The van der Waals surface area contributed by atoms with Crippen LogP contribution in [-0.2, 0) is 0 Å². The number of hydrogen-bond donors (Lipinski definition) is 1. The molecule has 3 heteroatoms. The zero-order chi connectivity index (χ0) is 31.6. The molecule has 1 N–H and O–H groups in total. The van der Waals surface area contributed by atoms with E-state index in [4.69, 9.17) is 12.8 Å². The van der Waals surface area contributed by atoms with Crippen molar-refractivity contribution >= 4 is 27.0 Å². The normalized spacial score (nSPS) is 5.34. The van der Waals surface area contributed by atoms with E-state index in [1.807, 2.05) is 18.2 Å². The lowest BCUT2D eigenvalue weighted by Gasteiger charge is -1.87. The zero-order valence-electron chi connectivity index (χ0n) is 22.3. The van der Waals surface area contributed by atoms with Crippen LogP contribution in [0.4, 0.5) is 0 Å². The van der Waals surface area contributed by atoms with Gasteiger partial charge in [0.15, 0.2) is 0 Å². The maximum atomic E-state index is 4.92. The predicted octanol–water partition coefficient (Wildman–Crippen LogP) is 2.63. The van der Waals surface area contributed by atoms with Crippen LogP contribution in [0, 0.1) is 202 Å². The topological polar surface area (TPSA) is 28.7 Å². The highest BCUT2D eigenvalue weighted by Gasteiger charge is 1.93. The van der Waals surface area contributed by atoms with Gasteiger partial charge in [0.1, 0.15) is 0 Å². The Bertz CT molecular complexity index is 2360. The summed E-state index contributed by atoms with van der Waals surface area (Å²) in [5.41, 5.74) is 2.07. The van der Waals surface area contributed by atoms with E-state index < -0.39 is 0 Å². The predicted molar refractivity (Wildman–Crippen MR) is 178 cm³/mol. The number of H-pyrrole nitrogens is 1. The number of nitrogens with one attached hydrogen (secondary N) is 1. The lowest BCUT2D eigenvalue weighted by molar-refractivity contribution is 1.34. The standard InChI is InChI=1S/C34H2.C7H5BrN2/c1-3-5-7-9-11-13-15-17-19-21-23-25-27-29-31-33-34-32-30-28-26-24-22-20-18-16-14-12-10-8-6-4-2;8-5-1-2-6-7(3-5)10-4-9-6/h1-2H;1-4H,(H,9,10). The van der Waals surface area contributed by atoms with Crippen LogP contribution in [0.3, 0.4) is 0 Å². The van der Waals surface area contributed by atoms with Crippen LogP contribution in [0.2, 0.25) is 0 Å². The Morgan fingerprint density at radius 2 is 0.705 bits per heavy atom. The van der Waals surface area contributed by atoms with Gasteiger partial charge in [-0.15, -0.1) is 12.8 Å². The third-order valence-corrected chi connectivity index (χ3v) is 3.83. The third-order valence-electron chi connectivity index (χ3n) is 3.34. The number of benzene rings is 1. The van der Waals surface area contributed by atoms with Crippen molar-refractivity contribution in [2.24, 2.45) is 0 Å². The monoisotopic (exact) mass is 606 g/mol. The molecule has 2 rings (SSSR count). The molecule has 0 atom stereocenters. The number of rotatable bonds is 0. The molecule has 188 valence electrons. The molecule has 1 aromatic heterocycles. The van der Waals surface area contributed by atoms with Crippen LogP contribution < -0.4 is 0 Å². The van der Waals surface area contributed by atoms with Crippen molar-refractivity contribution in [2.45, 2.75) is 0 Å². The van der Waals surface area contributed by atoms with Gasteiger partial charge in [0.05, 0.1) is 17.4 Å². The Labute approximate surface area is 267 Å². The molecular formula is C41H7BrN2. The second-order valence-electron chi connectivity index (χ2n) is 6.10. The highest BCUT2D eigenvalue weighted by molar-refractivity contribution is 9.10. The van der Waals surface area contributed by atoms with E-state index in [1.165, 1.54) is 0 Å². The molecule has 0 fully saturated rings. The molecule has 0 saturated heterocycles. The first kappa shape index (κ1) is 33.7. The average Bonchev–Trinajstić information content (AvgIpc) is 3.50. The number of hydrogen-bond acceptors (Lipinski definition) is 1.